The van der Waals surface area contributed by atoms with Gasteiger partial charge in [-0.25, -0.2) is 0 Å². The van der Waals surface area contributed by atoms with Gasteiger partial charge in [0.2, 0.25) is 5.91 Å². The fourth-order valence-electron chi connectivity index (χ4n) is 1.73. The zero-order valence-corrected chi connectivity index (χ0v) is 10.8. The summed E-state index contributed by atoms with van der Waals surface area (Å²) in [5.74, 6) is 0.168. The first-order valence-electron chi connectivity index (χ1n) is 4.46. The Kier molecular flexibility index (Phi) is 3.06. The predicted octanol–water partition coefficient (Wildman–Crippen LogP) is 2.24. The van der Waals surface area contributed by atoms with Crippen LogP contribution in [0, 0.1) is 0 Å². The number of nitrogens with zero attached hydrogens (tertiary/aromatic N) is 2. The maximum absolute atomic E-state index is 11.2. The Bertz CT molecular complexity index is 350. The number of carbonyl (C=O) groups is 1. The van der Waals surface area contributed by atoms with E-state index in [4.69, 9.17) is 0 Å². The minimum atomic E-state index is 0.168. The van der Waals surface area contributed by atoms with Crippen molar-refractivity contribution in [1.82, 2.24) is 8.87 Å². The van der Waals surface area contributed by atoms with Crippen molar-refractivity contribution in [3.8, 4) is 0 Å². The zero-order valence-electron chi connectivity index (χ0n) is 7.86. The molecule has 14 heavy (non-hydrogen) atoms. The molecule has 0 saturated carbocycles. The van der Waals surface area contributed by atoms with Gasteiger partial charge in [-0.3, -0.25) is 8.77 Å². The van der Waals surface area contributed by atoms with Crippen LogP contribution in [0.25, 0.3) is 0 Å². The maximum atomic E-state index is 11.2. The molecule has 0 spiro atoms. The van der Waals surface area contributed by atoms with Crippen molar-refractivity contribution in [2.24, 2.45) is 0 Å². The molecule has 5 heteroatoms. The number of rotatable bonds is 1. The number of carbonyl (C=O) groups excluding carboxylic acids is 1. The Labute approximate surface area is 99.6 Å². The van der Waals surface area contributed by atoms with E-state index in [-0.39, 0.29) is 5.91 Å². The molecule has 0 bridgehead atoms. The third-order valence-electron chi connectivity index (χ3n) is 2.56. The molecule has 1 aromatic heterocycles. The van der Waals surface area contributed by atoms with E-state index in [2.05, 4.69) is 37.4 Å². The molecular weight excluding hydrogens is 311 g/mol. The highest BCUT2D eigenvalue weighted by Gasteiger charge is 2.20. The minimum Gasteiger partial charge on any atom is -0.337 e. The SMILES string of the molecule is CC(=O)N1CCc2ccn(SI)c2C1. The van der Waals surface area contributed by atoms with Crippen LogP contribution in [-0.4, -0.2) is 21.3 Å². The second-order valence-corrected chi connectivity index (χ2v) is 5.09. The van der Waals surface area contributed by atoms with Crippen LogP contribution in [0.4, 0.5) is 0 Å². The van der Waals surface area contributed by atoms with Crippen molar-refractivity contribution in [1.29, 1.82) is 0 Å². The lowest BCUT2D eigenvalue weighted by Gasteiger charge is -2.26. The molecule has 3 nitrogen and oxygen atoms in total. The Morgan fingerprint density at radius 3 is 3.07 bits per heavy atom. The lowest BCUT2D eigenvalue weighted by atomic mass is 10.1. The van der Waals surface area contributed by atoms with Gasteiger partial charge in [-0.15, -0.1) is 0 Å². The fourth-order valence-corrected chi connectivity index (χ4v) is 3.21. The topological polar surface area (TPSA) is 25.2 Å². The van der Waals surface area contributed by atoms with E-state index in [1.54, 1.807) is 16.0 Å². The third-order valence-corrected chi connectivity index (χ3v) is 4.32. The van der Waals surface area contributed by atoms with Gasteiger partial charge >= 0.3 is 0 Å². The smallest absolute Gasteiger partial charge is 0.219 e. The third kappa shape index (κ3) is 1.79. The van der Waals surface area contributed by atoms with Crippen LogP contribution in [0.1, 0.15) is 18.2 Å². The average molecular weight is 322 g/mol. The quantitative estimate of drug-likeness (QED) is 0.741. The maximum Gasteiger partial charge on any atom is 0.219 e. The molecule has 1 aliphatic rings. The summed E-state index contributed by atoms with van der Waals surface area (Å²) in [5, 5.41) is 0. The van der Waals surface area contributed by atoms with E-state index in [0.29, 0.717) is 0 Å². The summed E-state index contributed by atoms with van der Waals surface area (Å²) in [7, 11) is 1.65. The summed E-state index contributed by atoms with van der Waals surface area (Å²) in [4.78, 5) is 13.1. The monoisotopic (exact) mass is 322 g/mol. The molecule has 2 rings (SSSR count). The van der Waals surface area contributed by atoms with Crippen LogP contribution in [-0.2, 0) is 17.8 Å². The van der Waals surface area contributed by atoms with E-state index < -0.39 is 0 Å². The lowest BCUT2D eigenvalue weighted by molar-refractivity contribution is -0.129. The number of amides is 1. The number of fused-ring (bicyclic) bond motifs is 1. The van der Waals surface area contributed by atoms with Gasteiger partial charge in [0.15, 0.2) is 0 Å². The van der Waals surface area contributed by atoms with E-state index in [9.17, 15) is 4.79 Å². The molecule has 1 amide bonds. The van der Waals surface area contributed by atoms with Crippen molar-refractivity contribution in [2.75, 3.05) is 6.54 Å². The first-order valence-corrected chi connectivity index (χ1v) is 7.77. The lowest BCUT2D eigenvalue weighted by Crippen LogP contribution is -2.34. The Hall–Kier alpha value is -0.170. The summed E-state index contributed by atoms with van der Waals surface area (Å²) in [6.45, 7) is 3.25. The molecule has 0 unspecified atom stereocenters. The van der Waals surface area contributed by atoms with Gasteiger partial charge in [0.1, 0.15) is 0 Å². The molecule has 0 aliphatic carbocycles. The van der Waals surface area contributed by atoms with Crippen molar-refractivity contribution in [3.63, 3.8) is 0 Å². The van der Waals surface area contributed by atoms with E-state index in [1.165, 1.54) is 11.3 Å². The number of halogens is 1. The van der Waals surface area contributed by atoms with Crippen molar-refractivity contribution in [2.45, 2.75) is 19.9 Å². The van der Waals surface area contributed by atoms with Gasteiger partial charge in [-0.1, -0.05) is 0 Å². The Morgan fingerprint density at radius 1 is 1.64 bits per heavy atom. The summed E-state index contributed by atoms with van der Waals surface area (Å²) in [6, 6.07) is 2.15. The summed E-state index contributed by atoms with van der Waals surface area (Å²) in [5.41, 5.74) is 2.65. The van der Waals surface area contributed by atoms with Gasteiger partial charge < -0.3 is 4.90 Å². The molecule has 0 atom stereocenters. The number of hydrogen-bond acceptors (Lipinski definition) is 2. The second kappa shape index (κ2) is 4.14. The Morgan fingerprint density at radius 2 is 2.43 bits per heavy atom. The first-order chi connectivity index (χ1) is 6.72. The highest BCUT2D eigenvalue weighted by atomic mass is 127. The molecule has 0 aromatic carbocycles. The van der Waals surface area contributed by atoms with Crippen molar-refractivity contribution in [3.05, 3.63) is 23.5 Å². The van der Waals surface area contributed by atoms with E-state index in [1.807, 2.05) is 4.90 Å². The van der Waals surface area contributed by atoms with E-state index >= 15 is 0 Å². The summed E-state index contributed by atoms with van der Waals surface area (Å²) < 4.78 is 2.13. The van der Waals surface area contributed by atoms with Crippen LogP contribution in [0.3, 0.4) is 0 Å². The number of hydrogen-bond donors (Lipinski definition) is 0. The molecule has 2 heterocycles. The number of aromatic nitrogens is 1. The van der Waals surface area contributed by atoms with Gasteiger partial charge in [0, 0.05) is 50.0 Å². The molecular formula is C9H11IN2OS. The van der Waals surface area contributed by atoms with Gasteiger partial charge in [-0.2, -0.15) is 0 Å². The molecule has 1 aromatic rings. The predicted molar refractivity (Wildman–Crippen MR) is 66.2 cm³/mol. The highest BCUT2D eigenvalue weighted by Crippen LogP contribution is 2.26. The van der Waals surface area contributed by atoms with Crippen molar-refractivity contribution >= 4 is 36.2 Å². The average Bonchev–Trinajstić information content (AvgIpc) is 2.59. The van der Waals surface area contributed by atoms with Crippen LogP contribution in [0.5, 0.6) is 0 Å². The van der Waals surface area contributed by atoms with Crippen LogP contribution < -0.4 is 0 Å². The molecule has 1 aliphatic heterocycles. The zero-order chi connectivity index (χ0) is 10.1. The molecule has 0 N–H and O–H groups in total. The minimum absolute atomic E-state index is 0.168. The standard InChI is InChI=1S/C9H11IN2OS/c1-7(13)11-4-2-8-3-5-12(14-10)9(8)6-11/h3,5H,2,4,6H2,1H3. The van der Waals surface area contributed by atoms with Gasteiger partial charge in [-0.05, 0) is 18.1 Å². The molecule has 0 fully saturated rings. The Balaban J connectivity index is 2.27. The second-order valence-electron chi connectivity index (χ2n) is 3.37. The summed E-state index contributed by atoms with van der Waals surface area (Å²) >= 11 is 2.26. The molecule has 76 valence electrons. The van der Waals surface area contributed by atoms with Crippen LogP contribution >= 0.6 is 30.3 Å². The van der Waals surface area contributed by atoms with Gasteiger partial charge in [0.05, 0.1) is 12.2 Å². The van der Waals surface area contributed by atoms with E-state index in [0.717, 1.165) is 19.5 Å². The largest absolute Gasteiger partial charge is 0.337 e. The van der Waals surface area contributed by atoms with Crippen LogP contribution in [0.2, 0.25) is 0 Å². The highest BCUT2D eigenvalue weighted by molar-refractivity contribution is 14.2. The molecule has 0 radical (unpaired) electrons. The fraction of sp³-hybridized carbons (Fsp3) is 0.444. The summed E-state index contributed by atoms with van der Waals surface area (Å²) in [6.07, 6.45) is 3.06. The first kappa shape index (κ1) is 10.4. The molecule has 0 saturated heterocycles. The van der Waals surface area contributed by atoms with Crippen LogP contribution in [0.15, 0.2) is 12.3 Å². The normalized spacial score (nSPS) is 15.4. The van der Waals surface area contributed by atoms with Crippen molar-refractivity contribution < 1.29 is 4.79 Å². The van der Waals surface area contributed by atoms with Gasteiger partial charge in [0.25, 0.3) is 0 Å².